The monoisotopic (exact) mass is 421 g/mol. The molecule has 4 rings (SSSR count). The molecule has 3 heterocycles. The number of hydrogen-bond acceptors (Lipinski definition) is 7. The van der Waals surface area contributed by atoms with Gasteiger partial charge in [-0.05, 0) is 24.1 Å². The number of nitrogens with one attached hydrogen (secondary N) is 2. The molecule has 1 atom stereocenters. The average Bonchev–Trinajstić information content (AvgIpc) is 3.45. The van der Waals surface area contributed by atoms with Gasteiger partial charge in [0.1, 0.15) is 10.8 Å². The first-order valence-corrected chi connectivity index (χ1v) is 10.9. The lowest BCUT2D eigenvalue weighted by molar-refractivity contribution is -0.118. The minimum absolute atomic E-state index is 0.115. The van der Waals surface area contributed by atoms with Gasteiger partial charge in [-0.1, -0.05) is 30.3 Å². The predicted octanol–water partition coefficient (Wildman–Crippen LogP) is 4.00. The Kier molecular flexibility index (Phi) is 6.35. The molecule has 3 aromatic heterocycles. The second-order valence-corrected chi connectivity index (χ2v) is 7.94. The summed E-state index contributed by atoms with van der Waals surface area (Å²) < 4.78 is 0. The molecule has 1 aromatic carbocycles. The van der Waals surface area contributed by atoms with Crippen LogP contribution in [0, 0.1) is 0 Å². The Morgan fingerprint density at radius 3 is 2.66 bits per heavy atom. The number of thiazole rings is 2. The number of carbonyl (C=O) groups is 1. The summed E-state index contributed by atoms with van der Waals surface area (Å²) in [6, 6.07) is 13.4. The largest absolute Gasteiger partial charge is 0.309 e. The fourth-order valence-electron chi connectivity index (χ4n) is 2.83. The van der Waals surface area contributed by atoms with Crippen molar-refractivity contribution >= 4 is 34.4 Å². The van der Waals surface area contributed by atoms with Gasteiger partial charge in [-0.25, -0.2) is 9.97 Å². The van der Waals surface area contributed by atoms with E-state index in [-0.39, 0.29) is 5.91 Å². The fourth-order valence-corrected chi connectivity index (χ4v) is 4.15. The molecule has 1 amide bonds. The summed E-state index contributed by atoms with van der Waals surface area (Å²) in [5, 5.41) is 11.0. The van der Waals surface area contributed by atoms with Gasteiger partial charge in [0.25, 0.3) is 0 Å². The zero-order chi connectivity index (χ0) is 19.9. The van der Waals surface area contributed by atoms with Crippen LogP contribution >= 0.6 is 22.7 Å². The highest BCUT2D eigenvalue weighted by atomic mass is 32.1. The van der Waals surface area contributed by atoms with Gasteiger partial charge in [0, 0.05) is 35.3 Å². The average molecular weight is 422 g/mol. The van der Waals surface area contributed by atoms with E-state index in [0.29, 0.717) is 18.8 Å². The quantitative estimate of drug-likeness (QED) is 0.449. The summed E-state index contributed by atoms with van der Waals surface area (Å²) in [7, 11) is 0. The van der Waals surface area contributed by atoms with Crippen molar-refractivity contribution in [1.29, 1.82) is 0 Å². The molecular weight excluding hydrogens is 402 g/mol. The van der Waals surface area contributed by atoms with Crippen molar-refractivity contribution in [2.45, 2.75) is 19.0 Å². The van der Waals surface area contributed by atoms with E-state index in [1.165, 1.54) is 11.3 Å². The summed E-state index contributed by atoms with van der Waals surface area (Å²) in [6.07, 6.45) is 4.04. The lowest BCUT2D eigenvalue weighted by atomic mass is 10.1. The van der Waals surface area contributed by atoms with E-state index in [4.69, 9.17) is 0 Å². The third-order valence-corrected chi connectivity index (χ3v) is 5.82. The second kappa shape index (κ2) is 9.51. The Bertz CT molecular complexity index is 1040. The number of rotatable bonds is 8. The highest BCUT2D eigenvalue weighted by molar-refractivity contribution is 7.13. The van der Waals surface area contributed by atoms with Crippen LogP contribution in [-0.4, -0.2) is 26.9 Å². The maximum Gasteiger partial charge on any atom is 0.243 e. The number of anilines is 1. The van der Waals surface area contributed by atoms with Gasteiger partial charge in [0.2, 0.25) is 5.91 Å². The van der Waals surface area contributed by atoms with Gasteiger partial charge in [-0.3, -0.25) is 15.1 Å². The number of nitrogens with zero attached hydrogens (tertiary/aromatic N) is 3. The Hall–Kier alpha value is -2.94. The Labute approximate surface area is 176 Å². The molecule has 0 saturated carbocycles. The van der Waals surface area contributed by atoms with E-state index in [1.807, 2.05) is 53.2 Å². The highest BCUT2D eigenvalue weighted by Crippen LogP contribution is 2.25. The molecule has 8 heteroatoms. The normalized spacial score (nSPS) is 11.9. The van der Waals surface area contributed by atoms with Crippen LogP contribution < -0.4 is 10.6 Å². The SMILES string of the molecule is O=C(Nc1csc(-c2ccncc2)n1)C(Cc1ccccc1)NCc1cscn1. The third-order valence-electron chi connectivity index (χ3n) is 4.29. The molecule has 0 fully saturated rings. The Balaban J connectivity index is 1.46. The van der Waals surface area contributed by atoms with Crippen molar-refractivity contribution in [2.24, 2.45) is 0 Å². The second-order valence-electron chi connectivity index (χ2n) is 6.37. The molecule has 29 heavy (non-hydrogen) atoms. The molecule has 0 bridgehead atoms. The fraction of sp³-hybridized carbons (Fsp3) is 0.143. The van der Waals surface area contributed by atoms with Gasteiger partial charge >= 0.3 is 0 Å². The lowest BCUT2D eigenvalue weighted by Crippen LogP contribution is -2.42. The zero-order valence-electron chi connectivity index (χ0n) is 15.5. The van der Waals surface area contributed by atoms with Gasteiger partial charge in [-0.2, -0.15) is 0 Å². The number of amides is 1. The maximum absolute atomic E-state index is 13.0. The first-order chi connectivity index (χ1) is 14.3. The summed E-state index contributed by atoms with van der Waals surface area (Å²) >= 11 is 3.03. The molecule has 0 aliphatic heterocycles. The molecule has 0 saturated heterocycles. The number of pyridine rings is 1. The number of aromatic nitrogens is 3. The van der Waals surface area contributed by atoms with Crippen molar-refractivity contribution in [3.05, 3.63) is 82.4 Å². The molecule has 146 valence electrons. The molecule has 6 nitrogen and oxygen atoms in total. The van der Waals surface area contributed by atoms with Crippen LogP contribution in [0.1, 0.15) is 11.3 Å². The minimum Gasteiger partial charge on any atom is -0.309 e. The Morgan fingerprint density at radius 1 is 1.07 bits per heavy atom. The van der Waals surface area contributed by atoms with Crippen LogP contribution in [0.15, 0.2) is 71.1 Å². The molecule has 0 radical (unpaired) electrons. The van der Waals surface area contributed by atoms with Crippen molar-refractivity contribution < 1.29 is 4.79 Å². The van der Waals surface area contributed by atoms with Gasteiger partial charge in [0.05, 0.1) is 17.2 Å². The highest BCUT2D eigenvalue weighted by Gasteiger charge is 2.20. The standard InChI is InChI=1S/C21H19N5OS2/c27-20(25-19-13-29-21(26-19)16-6-8-22-9-7-16)18(10-15-4-2-1-3-5-15)23-11-17-12-28-14-24-17/h1-9,12-14,18,23H,10-11H2,(H,25,27). The van der Waals surface area contributed by atoms with Crippen molar-refractivity contribution in [2.75, 3.05) is 5.32 Å². The topological polar surface area (TPSA) is 79.8 Å². The molecule has 0 aliphatic rings. The van der Waals surface area contributed by atoms with Gasteiger partial charge < -0.3 is 5.32 Å². The molecule has 1 unspecified atom stereocenters. The van der Waals surface area contributed by atoms with Crippen LogP contribution in [0.4, 0.5) is 5.82 Å². The van der Waals surface area contributed by atoms with E-state index in [9.17, 15) is 4.79 Å². The molecular formula is C21H19N5OS2. The maximum atomic E-state index is 13.0. The first-order valence-electron chi connectivity index (χ1n) is 9.09. The van der Waals surface area contributed by atoms with Crippen LogP contribution in [0.2, 0.25) is 0 Å². The minimum atomic E-state index is -0.398. The first kappa shape index (κ1) is 19.4. The van der Waals surface area contributed by atoms with E-state index in [2.05, 4.69) is 25.6 Å². The molecule has 2 N–H and O–H groups in total. The zero-order valence-corrected chi connectivity index (χ0v) is 17.1. The van der Waals surface area contributed by atoms with Crippen LogP contribution in [-0.2, 0) is 17.8 Å². The summed E-state index contributed by atoms with van der Waals surface area (Å²) in [5.74, 6) is 0.441. The predicted molar refractivity (Wildman–Crippen MR) is 117 cm³/mol. The summed E-state index contributed by atoms with van der Waals surface area (Å²) in [5.41, 5.74) is 4.79. The van der Waals surface area contributed by atoms with E-state index in [0.717, 1.165) is 21.8 Å². The third kappa shape index (κ3) is 5.32. The number of carbonyl (C=O) groups excluding carboxylic acids is 1. The van der Waals surface area contributed by atoms with Gasteiger partial charge in [-0.15, -0.1) is 22.7 Å². The molecule has 4 aromatic rings. The van der Waals surface area contributed by atoms with E-state index in [1.54, 1.807) is 29.2 Å². The molecule has 0 aliphatic carbocycles. The lowest BCUT2D eigenvalue weighted by Gasteiger charge is -2.17. The molecule has 0 spiro atoms. The van der Waals surface area contributed by atoms with Crippen LogP contribution in [0.25, 0.3) is 10.6 Å². The smallest absolute Gasteiger partial charge is 0.243 e. The van der Waals surface area contributed by atoms with Crippen molar-refractivity contribution in [3.8, 4) is 10.6 Å². The van der Waals surface area contributed by atoms with Crippen LogP contribution in [0.5, 0.6) is 0 Å². The van der Waals surface area contributed by atoms with Gasteiger partial charge in [0.15, 0.2) is 0 Å². The van der Waals surface area contributed by atoms with E-state index < -0.39 is 6.04 Å². The van der Waals surface area contributed by atoms with E-state index >= 15 is 0 Å². The van der Waals surface area contributed by atoms with Crippen LogP contribution in [0.3, 0.4) is 0 Å². The number of benzene rings is 1. The van der Waals surface area contributed by atoms with Crippen molar-refractivity contribution in [3.63, 3.8) is 0 Å². The van der Waals surface area contributed by atoms with Crippen molar-refractivity contribution in [1.82, 2.24) is 20.3 Å². The Morgan fingerprint density at radius 2 is 1.90 bits per heavy atom. The summed E-state index contributed by atoms with van der Waals surface area (Å²) in [4.78, 5) is 25.8. The number of hydrogen-bond donors (Lipinski definition) is 2. The summed E-state index contributed by atoms with van der Waals surface area (Å²) in [6.45, 7) is 0.535.